The Hall–Kier alpha value is -3.65. The first-order valence-corrected chi connectivity index (χ1v) is 14.6. The molecule has 0 fully saturated rings. The largest absolute Gasteiger partial charge is 0.496 e. The molecule has 40 heavy (non-hydrogen) atoms. The van der Waals surface area contributed by atoms with Crippen LogP contribution < -0.4 is 15.2 Å². The maximum atomic E-state index is 6.18. The number of nitrogens with zero attached hydrogens (tertiary/aromatic N) is 2. The molecule has 5 nitrogen and oxygen atoms in total. The van der Waals surface area contributed by atoms with Crippen LogP contribution in [0.25, 0.3) is 42.7 Å². The Bertz CT molecular complexity index is 1720. The van der Waals surface area contributed by atoms with E-state index in [1.54, 1.807) is 14.2 Å². The minimum atomic E-state index is 0.781. The van der Waals surface area contributed by atoms with Gasteiger partial charge in [-0.2, -0.15) is 8.75 Å². The quantitative estimate of drug-likeness (QED) is 0.208. The van der Waals surface area contributed by atoms with E-state index >= 15 is 0 Å². The molecule has 0 aliphatic carbocycles. The fourth-order valence-electron chi connectivity index (χ4n) is 4.58. The van der Waals surface area contributed by atoms with Gasteiger partial charge >= 0.3 is 0 Å². The van der Waals surface area contributed by atoms with E-state index in [1.165, 1.54) is 34.2 Å². The number of hydrogen-bond acceptors (Lipinski definition) is 7. The van der Waals surface area contributed by atoms with Crippen molar-refractivity contribution in [3.63, 3.8) is 0 Å². The lowest BCUT2D eigenvalue weighted by Gasteiger charge is -2.08. The fourth-order valence-corrected chi connectivity index (χ4v) is 6.44. The van der Waals surface area contributed by atoms with Crippen LogP contribution in [0.5, 0.6) is 11.5 Å². The summed E-state index contributed by atoms with van der Waals surface area (Å²) >= 11 is 9.12. The van der Waals surface area contributed by atoms with Crippen LogP contribution in [-0.4, -0.2) is 23.0 Å². The highest BCUT2D eigenvalue weighted by molar-refractivity contribution is 7.14. The maximum Gasteiger partial charge on any atom is 0.128 e. The summed E-state index contributed by atoms with van der Waals surface area (Å²) < 4.78 is 22.3. The summed E-state index contributed by atoms with van der Waals surface area (Å²) in [6, 6.07) is 20.4. The number of fused-ring (bicyclic) bond motifs is 2. The Morgan fingerprint density at radius 2 is 1.12 bits per heavy atom. The van der Waals surface area contributed by atoms with Crippen molar-refractivity contribution >= 4 is 60.5 Å². The zero-order chi connectivity index (χ0) is 28.6. The lowest BCUT2D eigenvalue weighted by atomic mass is 10.0. The third-order valence-corrected chi connectivity index (χ3v) is 8.85. The average molecular weight is 588 g/mol. The second kappa shape index (κ2) is 11.5. The standard InChI is InChI=1S/C16H14ClNOS.C16H16N2OS/c2*1-9-4-5-14(19-3)11(6-9)16-12-7-10(2)13(17)8-15(12)20-18-16/h4-8H,1-3H3;4-8H,17H2,1-3H3. The summed E-state index contributed by atoms with van der Waals surface area (Å²) in [6.07, 6.45) is 0. The van der Waals surface area contributed by atoms with Crippen molar-refractivity contribution in [1.82, 2.24) is 8.75 Å². The molecule has 0 aliphatic heterocycles. The molecule has 0 bridgehead atoms. The van der Waals surface area contributed by atoms with Crippen LogP contribution in [0.4, 0.5) is 5.69 Å². The van der Waals surface area contributed by atoms with Gasteiger partial charge in [-0.25, -0.2) is 0 Å². The summed E-state index contributed by atoms with van der Waals surface area (Å²) in [6.45, 7) is 8.17. The molecule has 204 valence electrons. The van der Waals surface area contributed by atoms with Crippen molar-refractivity contribution in [2.45, 2.75) is 27.7 Å². The second-order valence-corrected chi connectivity index (χ2v) is 11.8. The summed E-state index contributed by atoms with van der Waals surface area (Å²) in [7, 11) is 3.37. The van der Waals surface area contributed by atoms with E-state index in [9.17, 15) is 0 Å². The van der Waals surface area contributed by atoms with Gasteiger partial charge in [-0.05, 0) is 110 Å². The maximum absolute atomic E-state index is 6.18. The van der Waals surface area contributed by atoms with Gasteiger partial charge in [-0.3, -0.25) is 0 Å². The molecule has 0 atom stereocenters. The molecule has 8 heteroatoms. The van der Waals surface area contributed by atoms with Crippen molar-refractivity contribution in [2.75, 3.05) is 20.0 Å². The van der Waals surface area contributed by atoms with E-state index in [2.05, 4.69) is 46.9 Å². The third-order valence-electron chi connectivity index (χ3n) is 6.83. The van der Waals surface area contributed by atoms with Gasteiger partial charge in [0.25, 0.3) is 0 Å². The van der Waals surface area contributed by atoms with Gasteiger partial charge in [0.15, 0.2) is 0 Å². The lowest BCUT2D eigenvalue weighted by molar-refractivity contribution is 0.416. The highest BCUT2D eigenvalue weighted by Gasteiger charge is 2.16. The molecular formula is C32H30ClN3O2S2. The van der Waals surface area contributed by atoms with E-state index in [0.717, 1.165) is 76.0 Å². The van der Waals surface area contributed by atoms with Crippen molar-refractivity contribution in [3.05, 3.63) is 87.9 Å². The molecule has 0 saturated heterocycles. The van der Waals surface area contributed by atoms with Crippen LogP contribution in [0.3, 0.4) is 0 Å². The molecule has 2 aromatic heterocycles. The van der Waals surface area contributed by atoms with Gasteiger partial charge in [0.05, 0.1) is 35.0 Å². The number of nitrogens with two attached hydrogens (primary N) is 1. The number of aryl methyl sites for hydroxylation is 4. The van der Waals surface area contributed by atoms with Gasteiger partial charge in [0, 0.05) is 32.6 Å². The molecule has 0 radical (unpaired) electrons. The molecule has 0 aliphatic rings. The van der Waals surface area contributed by atoms with Gasteiger partial charge in [-0.15, -0.1) is 0 Å². The number of anilines is 1. The second-order valence-electron chi connectivity index (χ2n) is 9.77. The summed E-state index contributed by atoms with van der Waals surface area (Å²) in [5.74, 6) is 1.69. The number of nitrogen functional groups attached to an aromatic ring is 1. The monoisotopic (exact) mass is 587 g/mol. The topological polar surface area (TPSA) is 70.3 Å². The van der Waals surface area contributed by atoms with E-state index in [0.29, 0.717) is 0 Å². The smallest absolute Gasteiger partial charge is 0.128 e. The number of aromatic nitrogens is 2. The molecular weight excluding hydrogens is 558 g/mol. The molecule has 0 spiro atoms. The summed E-state index contributed by atoms with van der Waals surface area (Å²) in [5, 5.41) is 3.04. The van der Waals surface area contributed by atoms with Crippen LogP contribution in [0.15, 0.2) is 60.7 Å². The van der Waals surface area contributed by atoms with E-state index in [1.807, 2.05) is 50.2 Å². The van der Waals surface area contributed by atoms with Crippen molar-refractivity contribution in [3.8, 4) is 34.0 Å². The first-order chi connectivity index (χ1) is 19.2. The first-order valence-electron chi connectivity index (χ1n) is 12.7. The fraction of sp³-hybridized carbons (Fsp3) is 0.188. The van der Waals surface area contributed by atoms with Crippen molar-refractivity contribution in [2.24, 2.45) is 0 Å². The molecule has 4 aromatic carbocycles. The molecule has 6 rings (SSSR count). The number of rotatable bonds is 4. The Kier molecular flexibility index (Phi) is 7.99. The number of halogens is 1. The lowest BCUT2D eigenvalue weighted by Crippen LogP contribution is -1.91. The highest BCUT2D eigenvalue weighted by Crippen LogP contribution is 2.39. The van der Waals surface area contributed by atoms with Crippen molar-refractivity contribution < 1.29 is 9.47 Å². The summed E-state index contributed by atoms with van der Waals surface area (Å²) in [5.41, 5.74) is 15.3. The van der Waals surface area contributed by atoms with Crippen LogP contribution in [0, 0.1) is 27.7 Å². The van der Waals surface area contributed by atoms with Crippen LogP contribution in [0.2, 0.25) is 5.02 Å². The first kappa shape index (κ1) is 27.9. The molecule has 0 amide bonds. The van der Waals surface area contributed by atoms with E-state index < -0.39 is 0 Å². The van der Waals surface area contributed by atoms with Crippen LogP contribution >= 0.6 is 34.7 Å². The Balaban J connectivity index is 0.000000161. The minimum Gasteiger partial charge on any atom is -0.496 e. The summed E-state index contributed by atoms with van der Waals surface area (Å²) in [4.78, 5) is 0. The van der Waals surface area contributed by atoms with Crippen molar-refractivity contribution in [1.29, 1.82) is 0 Å². The number of methoxy groups -OCH3 is 2. The van der Waals surface area contributed by atoms with E-state index in [-0.39, 0.29) is 0 Å². The molecule has 6 aromatic rings. The molecule has 2 heterocycles. The van der Waals surface area contributed by atoms with Gasteiger partial charge in [-0.1, -0.05) is 34.9 Å². The predicted octanol–water partition coefficient (Wildman–Crippen LogP) is 9.41. The third kappa shape index (κ3) is 5.37. The minimum absolute atomic E-state index is 0.781. The number of benzene rings is 4. The Labute approximate surface area is 247 Å². The zero-order valence-corrected chi connectivity index (χ0v) is 25.6. The van der Waals surface area contributed by atoms with Crippen LogP contribution in [-0.2, 0) is 0 Å². The zero-order valence-electron chi connectivity index (χ0n) is 23.3. The number of ether oxygens (including phenoxy) is 2. The van der Waals surface area contributed by atoms with Gasteiger partial charge in [0.1, 0.15) is 11.5 Å². The SMILES string of the molecule is COc1ccc(C)cc1-c1nsc2cc(Cl)c(C)cc12.COc1ccc(C)cc1-c1nsc2cc(N)c(C)cc12. The predicted molar refractivity (Wildman–Crippen MR) is 172 cm³/mol. The number of hydrogen-bond donors (Lipinski definition) is 1. The normalized spacial score (nSPS) is 11.0. The molecule has 0 unspecified atom stereocenters. The average Bonchev–Trinajstić information content (AvgIpc) is 3.53. The Morgan fingerprint density at radius 1 is 0.650 bits per heavy atom. The highest BCUT2D eigenvalue weighted by atomic mass is 35.5. The van der Waals surface area contributed by atoms with E-state index in [4.69, 9.17) is 26.8 Å². The Morgan fingerprint density at radius 3 is 1.62 bits per heavy atom. The van der Waals surface area contributed by atoms with Gasteiger partial charge in [0.2, 0.25) is 0 Å². The van der Waals surface area contributed by atoms with Crippen LogP contribution in [0.1, 0.15) is 22.3 Å². The molecule has 0 saturated carbocycles. The molecule has 2 N–H and O–H groups in total. The van der Waals surface area contributed by atoms with Gasteiger partial charge < -0.3 is 15.2 Å².